The third-order valence-electron chi connectivity index (χ3n) is 4.24. The summed E-state index contributed by atoms with van der Waals surface area (Å²) in [5.74, 6) is 0.403. The molecule has 0 saturated carbocycles. The highest BCUT2D eigenvalue weighted by atomic mass is 32.1. The molecule has 1 unspecified atom stereocenters. The summed E-state index contributed by atoms with van der Waals surface area (Å²) in [6.45, 7) is 2.91. The van der Waals surface area contributed by atoms with Gasteiger partial charge in [-0.1, -0.05) is 6.07 Å². The summed E-state index contributed by atoms with van der Waals surface area (Å²) < 4.78 is 5.75. The van der Waals surface area contributed by atoms with Gasteiger partial charge >= 0.3 is 5.97 Å². The zero-order valence-corrected chi connectivity index (χ0v) is 13.8. The number of aryl methyl sites for hydroxylation is 1. The van der Waals surface area contributed by atoms with E-state index in [9.17, 15) is 9.90 Å². The third kappa shape index (κ3) is 2.53. The number of oxazole rings is 1. The average Bonchev–Trinajstić information content (AvgIpc) is 3.27. The Labute approximate surface area is 142 Å². The molecule has 0 aliphatic carbocycles. The second-order valence-corrected chi connectivity index (χ2v) is 6.67. The van der Waals surface area contributed by atoms with Gasteiger partial charge in [-0.25, -0.2) is 9.97 Å². The van der Waals surface area contributed by atoms with Crippen LogP contribution in [0.1, 0.15) is 28.9 Å². The van der Waals surface area contributed by atoms with E-state index in [0.717, 1.165) is 28.4 Å². The molecule has 0 fully saturated rings. The van der Waals surface area contributed by atoms with Gasteiger partial charge in [0.15, 0.2) is 6.04 Å². The number of nitrogens with one attached hydrogen (secondary N) is 1. The van der Waals surface area contributed by atoms with Crippen molar-refractivity contribution < 1.29 is 14.3 Å². The third-order valence-corrected chi connectivity index (χ3v) is 5.09. The molecule has 0 bridgehead atoms. The van der Waals surface area contributed by atoms with E-state index < -0.39 is 12.0 Å². The number of aromatic nitrogens is 3. The fourth-order valence-electron chi connectivity index (χ4n) is 3.04. The number of aromatic amines is 1. The molecule has 1 atom stereocenters. The molecule has 0 radical (unpaired) electrons. The van der Waals surface area contributed by atoms with Gasteiger partial charge < -0.3 is 14.5 Å². The molecule has 0 aromatic carbocycles. The first kappa shape index (κ1) is 15.1. The van der Waals surface area contributed by atoms with Crippen molar-refractivity contribution in [1.29, 1.82) is 0 Å². The SMILES string of the molecule is Cc1oc(-c2cccs2)nc1CN1CCc2[nH]cnc2C1C(=O)O. The summed E-state index contributed by atoms with van der Waals surface area (Å²) in [7, 11) is 0. The maximum atomic E-state index is 11.8. The van der Waals surface area contributed by atoms with E-state index in [1.165, 1.54) is 0 Å². The van der Waals surface area contributed by atoms with E-state index in [-0.39, 0.29) is 0 Å². The molecular weight excluding hydrogens is 328 g/mol. The van der Waals surface area contributed by atoms with Gasteiger partial charge in [-0.3, -0.25) is 9.69 Å². The van der Waals surface area contributed by atoms with E-state index >= 15 is 0 Å². The molecule has 4 rings (SSSR count). The lowest BCUT2D eigenvalue weighted by Gasteiger charge is -2.31. The first-order valence-corrected chi connectivity index (χ1v) is 8.50. The van der Waals surface area contributed by atoms with Crippen LogP contribution < -0.4 is 0 Å². The van der Waals surface area contributed by atoms with Gasteiger partial charge in [0.1, 0.15) is 5.76 Å². The number of carboxylic acid groups (broad SMARTS) is 1. The number of carboxylic acids is 1. The molecule has 0 saturated heterocycles. The van der Waals surface area contributed by atoms with Crippen molar-refractivity contribution in [3.8, 4) is 10.8 Å². The van der Waals surface area contributed by atoms with Crippen molar-refractivity contribution in [3.05, 3.63) is 46.7 Å². The Morgan fingerprint density at radius 1 is 1.58 bits per heavy atom. The highest BCUT2D eigenvalue weighted by Gasteiger charge is 2.35. The highest BCUT2D eigenvalue weighted by molar-refractivity contribution is 7.13. The highest BCUT2D eigenvalue weighted by Crippen LogP contribution is 2.31. The van der Waals surface area contributed by atoms with Crippen LogP contribution in [0.2, 0.25) is 0 Å². The Bertz CT molecular complexity index is 868. The number of carbonyl (C=O) groups is 1. The van der Waals surface area contributed by atoms with Crippen LogP contribution in [0.4, 0.5) is 0 Å². The van der Waals surface area contributed by atoms with E-state index in [1.807, 2.05) is 29.3 Å². The Hall–Kier alpha value is -2.45. The number of H-pyrrole nitrogens is 1. The molecule has 8 heteroatoms. The summed E-state index contributed by atoms with van der Waals surface area (Å²) >= 11 is 1.56. The minimum atomic E-state index is -0.900. The topological polar surface area (TPSA) is 95.3 Å². The Morgan fingerprint density at radius 2 is 2.46 bits per heavy atom. The molecule has 0 amide bonds. The second-order valence-electron chi connectivity index (χ2n) is 5.73. The molecular formula is C16H16N4O3S. The van der Waals surface area contributed by atoms with E-state index in [4.69, 9.17) is 4.42 Å². The molecule has 2 N–H and O–H groups in total. The van der Waals surface area contributed by atoms with Crippen molar-refractivity contribution >= 4 is 17.3 Å². The van der Waals surface area contributed by atoms with Gasteiger partial charge in [0.25, 0.3) is 0 Å². The van der Waals surface area contributed by atoms with Crippen LogP contribution in [0.15, 0.2) is 28.3 Å². The number of nitrogens with zero attached hydrogens (tertiary/aromatic N) is 3. The number of fused-ring (bicyclic) bond motifs is 1. The molecule has 1 aliphatic rings. The minimum Gasteiger partial charge on any atom is -0.480 e. The van der Waals surface area contributed by atoms with Gasteiger partial charge in [0.2, 0.25) is 5.89 Å². The molecule has 3 aromatic rings. The fourth-order valence-corrected chi connectivity index (χ4v) is 3.69. The van der Waals surface area contributed by atoms with Crippen LogP contribution in [0.5, 0.6) is 0 Å². The first-order chi connectivity index (χ1) is 11.6. The van der Waals surface area contributed by atoms with Gasteiger partial charge in [-0.2, -0.15) is 0 Å². The number of thiophene rings is 1. The molecule has 124 valence electrons. The molecule has 4 heterocycles. The normalized spacial score (nSPS) is 17.8. The van der Waals surface area contributed by atoms with Gasteiger partial charge in [0.05, 0.1) is 22.6 Å². The van der Waals surface area contributed by atoms with Crippen molar-refractivity contribution in [2.24, 2.45) is 0 Å². The Balaban J connectivity index is 1.62. The lowest BCUT2D eigenvalue weighted by molar-refractivity contribution is -0.144. The standard InChI is InChI=1S/C16H16N4O3S/c1-9-11(19-15(23-9)12-3-2-6-24-12)7-20-5-4-10-13(18-8-17-10)14(20)16(21)22/h2-3,6,8,14H,4-5,7H2,1H3,(H,17,18)(H,21,22). The zero-order chi connectivity index (χ0) is 16.7. The van der Waals surface area contributed by atoms with Crippen LogP contribution in [-0.4, -0.2) is 37.5 Å². The molecule has 0 spiro atoms. The quantitative estimate of drug-likeness (QED) is 0.755. The number of imidazole rings is 1. The van der Waals surface area contributed by atoms with E-state index in [1.54, 1.807) is 17.7 Å². The monoisotopic (exact) mass is 344 g/mol. The lowest BCUT2D eigenvalue weighted by atomic mass is 10.0. The maximum Gasteiger partial charge on any atom is 0.327 e. The zero-order valence-electron chi connectivity index (χ0n) is 13.0. The molecule has 24 heavy (non-hydrogen) atoms. The summed E-state index contributed by atoms with van der Waals surface area (Å²) in [5.41, 5.74) is 2.26. The molecule has 3 aromatic heterocycles. The summed E-state index contributed by atoms with van der Waals surface area (Å²) in [5, 5.41) is 11.6. The smallest absolute Gasteiger partial charge is 0.327 e. The van der Waals surface area contributed by atoms with E-state index in [0.29, 0.717) is 24.7 Å². The lowest BCUT2D eigenvalue weighted by Crippen LogP contribution is -2.39. The molecule has 1 aliphatic heterocycles. The summed E-state index contributed by atoms with van der Waals surface area (Å²) in [6, 6.07) is 3.14. The Kier molecular flexibility index (Phi) is 3.70. The van der Waals surface area contributed by atoms with Crippen molar-refractivity contribution in [1.82, 2.24) is 19.9 Å². The number of hydrogen-bond acceptors (Lipinski definition) is 6. The predicted molar refractivity (Wildman–Crippen MR) is 87.6 cm³/mol. The average molecular weight is 344 g/mol. The van der Waals surface area contributed by atoms with Gasteiger partial charge in [-0.05, 0) is 18.4 Å². The summed E-state index contributed by atoms with van der Waals surface area (Å²) in [6.07, 6.45) is 2.30. The summed E-state index contributed by atoms with van der Waals surface area (Å²) in [4.78, 5) is 26.4. The Morgan fingerprint density at radius 3 is 3.21 bits per heavy atom. The van der Waals surface area contributed by atoms with Crippen molar-refractivity contribution in [2.45, 2.75) is 25.9 Å². The number of hydrogen-bond donors (Lipinski definition) is 2. The predicted octanol–water partition coefficient (Wildman–Crippen LogP) is 2.62. The molecule has 7 nitrogen and oxygen atoms in total. The van der Waals surface area contributed by atoms with Crippen LogP contribution in [0.25, 0.3) is 10.8 Å². The second kappa shape index (κ2) is 5.88. The number of aliphatic carboxylic acids is 1. The van der Waals surface area contributed by atoms with E-state index in [2.05, 4.69) is 15.0 Å². The first-order valence-electron chi connectivity index (χ1n) is 7.62. The van der Waals surface area contributed by atoms with Crippen molar-refractivity contribution in [2.75, 3.05) is 6.54 Å². The van der Waals surface area contributed by atoms with Crippen LogP contribution >= 0.6 is 11.3 Å². The fraction of sp³-hybridized carbons (Fsp3) is 0.312. The minimum absolute atomic E-state index is 0.421. The maximum absolute atomic E-state index is 11.8. The number of rotatable bonds is 4. The van der Waals surface area contributed by atoms with Crippen LogP contribution in [-0.2, 0) is 17.8 Å². The largest absolute Gasteiger partial charge is 0.480 e. The van der Waals surface area contributed by atoms with Gasteiger partial charge in [0, 0.05) is 25.2 Å². The van der Waals surface area contributed by atoms with Crippen LogP contribution in [0.3, 0.4) is 0 Å². The van der Waals surface area contributed by atoms with Gasteiger partial charge in [-0.15, -0.1) is 11.3 Å². The van der Waals surface area contributed by atoms with Crippen molar-refractivity contribution in [3.63, 3.8) is 0 Å². The van der Waals surface area contributed by atoms with Crippen LogP contribution in [0, 0.1) is 6.92 Å².